The molecule has 0 spiro atoms. The lowest BCUT2D eigenvalue weighted by Gasteiger charge is -2.66. The molecule has 0 bridgehead atoms. The van der Waals surface area contributed by atoms with Crippen LogP contribution in [0.5, 0.6) is 0 Å². The van der Waals surface area contributed by atoms with Crippen LogP contribution in [-0.4, -0.2) is 30.5 Å². The second-order valence-electron chi connectivity index (χ2n) is 12.0. The molecule has 3 heteroatoms. The minimum absolute atomic E-state index is 0.376. The van der Waals surface area contributed by atoms with Gasteiger partial charge in [0.15, 0.2) is 0 Å². The summed E-state index contributed by atoms with van der Waals surface area (Å²) in [6, 6.07) is 0.376. The minimum atomic E-state index is -0.595. The van der Waals surface area contributed by atoms with Crippen molar-refractivity contribution in [1.29, 1.82) is 0 Å². The van der Waals surface area contributed by atoms with Crippen LogP contribution in [0.2, 0.25) is 0 Å². The average molecular weight is 392 g/mol. The van der Waals surface area contributed by atoms with Crippen molar-refractivity contribution in [3.05, 3.63) is 0 Å². The van der Waals surface area contributed by atoms with Gasteiger partial charge < -0.3 is 15.6 Å². The summed E-state index contributed by atoms with van der Waals surface area (Å²) in [7, 11) is 1.73. The zero-order valence-electron chi connectivity index (χ0n) is 19.1. The van der Waals surface area contributed by atoms with Gasteiger partial charge in [0.1, 0.15) is 0 Å². The molecule has 28 heavy (non-hydrogen) atoms. The lowest BCUT2D eigenvalue weighted by Crippen LogP contribution is -2.61. The molecule has 4 fully saturated rings. The van der Waals surface area contributed by atoms with Gasteiger partial charge in [0.25, 0.3) is 0 Å². The number of rotatable bonds is 4. The molecule has 9 atom stereocenters. The van der Waals surface area contributed by atoms with Crippen molar-refractivity contribution in [2.45, 2.75) is 104 Å². The Labute approximate surface area is 173 Å². The van der Waals surface area contributed by atoms with E-state index in [1.165, 1.54) is 44.9 Å². The zero-order chi connectivity index (χ0) is 20.4. The largest absolute Gasteiger partial charge is 0.387 e. The molecule has 0 heterocycles. The lowest BCUT2D eigenvalue weighted by molar-refractivity contribution is -0.195. The fourth-order valence-electron chi connectivity index (χ4n) is 9.43. The Balaban J connectivity index is 1.61. The fourth-order valence-corrected chi connectivity index (χ4v) is 9.43. The van der Waals surface area contributed by atoms with Crippen molar-refractivity contribution >= 4 is 0 Å². The van der Waals surface area contributed by atoms with E-state index in [-0.39, 0.29) is 0 Å². The molecule has 4 saturated carbocycles. The smallest absolute Gasteiger partial charge is 0.0883 e. The molecule has 4 rings (SSSR count). The summed E-state index contributed by atoms with van der Waals surface area (Å²) in [5.74, 6) is 3.00. The van der Waals surface area contributed by atoms with Gasteiger partial charge in [-0.2, -0.15) is 0 Å². The molecule has 0 aromatic heterocycles. The first-order valence-corrected chi connectivity index (χ1v) is 12.1. The minimum Gasteiger partial charge on any atom is -0.387 e. The maximum absolute atomic E-state index is 11.1. The predicted octanol–water partition coefficient (Wildman–Crippen LogP) is 5.15. The van der Waals surface area contributed by atoms with Crippen LogP contribution in [-0.2, 0) is 4.74 Å². The molecule has 4 aliphatic rings. The Bertz CT molecular complexity index is 595. The maximum Gasteiger partial charge on any atom is 0.0883 e. The van der Waals surface area contributed by atoms with E-state index in [4.69, 9.17) is 10.5 Å². The monoisotopic (exact) mass is 391 g/mol. The summed E-state index contributed by atoms with van der Waals surface area (Å²) < 4.78 is 5.38. The number of hydrogen-bond donors (Lipinski definition) is 2. The van der Waals surface area contributed by atoms with E-state index < -0.39 is 5.60 Å². The van der Waals surface area contributed by atoms with Gasteiger partial charge in [-0.05, 0) is 104 Å². The van der Waals surface area contributed by atoms with Crippen molar-refractivity contribution in [1.82, 2.24) is 0 Å². The zero-order valence-corrected chi connectivity index (χ0v) is 19.1. The summed E-state index contributed by atoms with van der Waals surface area (Å²) in [5, 5.41) is 11.1. The first-order chi connectivity index (χ1) is 13.1. The molecule has 162 valence electrons. The Hall–Kier alpha value is -0.120. The molecule has 3 N–H and O–H groups in total. The highest BCUT2D eigenvalue weighted by atomic mass is 16.5. The number of nitrogens with two attached hydrogens (primary N) is 1. The standard InChI is InChI=1S/C25H45NO2/c1-6-19(26)18-7-8-20-23(18,3)12-10-21-22(2)13-14-25(27,16-28-5)15-17(22)9-11-24(20,21)4/h17-21,27H,6-16,26H2,1-5H3/t17-,18-,19-,20-,21-,22+,23-,24+,25-/m1/s1. The highest BCUT2D eigenvalue weighted by Gasteiger charge is 2.66. The van der Waals surface area contributed by atoms with Crippen LogP contribution in [0.3, 0.4) is 0 Å². The molecule has 4 aliphatic carbocycles. The van der Waals surface area contributed by atoms with Crippen molar-refractivity contribution in [3.63, 3.8) is 0 Å². The highest BCUT2D eigenvalue weighted by molar-refractivity contribution is 5.15. The molecule has 0 radical (unpaired) electrons. The molecule has 0 unspecified atom stereocenters. The Kier molecular flexibility index (Phi) is 5.25. The molecular formula is C25H45NO2. The van der Waals surface area contributed by atoms with E-state index in [1.807, 2.05) is 0 Å². The van der Waals surface area contributed by atoms with Crippen molar-refractivity contribution < 1.29 is 9.84 Å². The number of fused-ring (bicyclic) bond motifs is 5. The predicted molar refractivity (Wildman–Crippen MR) is 115 cm³/mol. The fraction of sp³-hybridized carbons (Fsp3) is 1.00. The summed E-state index contributed by atoms with van der Waals surface area (Å²) in [5.41, 5.74) is 7.32. The van der Waals surface area contributed by atoms with Crippen LogP contribution in [0.25, 0.3) is 0 Å². The number of hydrogen-bond acceptors (Lipinski definition) is 3. The third-order valence-corrected chi connectivity index (χ3v) is 10.9. The molecule has 0 amide bonds. The second-order valence-corrected chi connectivity index (χ2v) is 12.0. The normalized spacial score (nSPS) is 54.5. The summed E-state index contributed by atoms with van der Waals surface area (Å²) in [6.07, 6.45) is 12.2. The van der Waals surface area contributed by atoms with E-state index >= 15 is 0 Å². The van der Waals surface area contributed by atoms with Gasteiger partial charge in [0.05, 0.1) is 12.2 Å². The molecule has 3 nitrogen and oxygen atoms in total. The molecule has 0 aromatic rings. The van der Waals surface area contributed by atoms with Gasteiger partial charge in [0, 0.05) is 13.2 Å². The van der Waals surface area contributed by atoms with Crippen LogP contribution < -0.4 is 5.73 Å². The third kappa shape index (κ3) is 2.86. The Morgan fingerprint density at radius 2 is 1.61 bits per heavy atom. The third-order valence-electron chi connectivity index (χ3n) is 10.9. The van der Waals surface area contributed by atoms with Gasteiger partial charge in [-0.25, -0.2) is 0 Å². The van der Waals surface area contributed by atoms with Gasteiger partial charge >= 0.3 is 0 Å². The molecule has 0 aromatic carbocycles. The molecular weight excluding hydrogens is 346 g/mol. The maximum atomic E-state index is 11.1. The summed E-state index contributed by atoms with van der Waals surface area (Å²) in [6.45, 7) is 10.6. The number of aliphatic hydroxyl groups is 1. The van der Waals surface area contributed by atoms with E-state index in [9.17, 15) is 5.11 Å². The molecule has 0 saturated heterocycles. The first kappa shape index (κ1) is 21.1. The first-order valence-electron chi connectivity index (χ1n) is 12.1. The highest BCUT2D eigenvalue weighted by Crippen LogP contribution is 2.72. The van der Waals surface area contributed by atoms with Gasteiger partial charge in [-0.15, -0.1) is 0 Å². The second kappa shape index (κ2) is 6.95. The van der Waals surface area contributed by atoms with E-state index in [0.717, 1.165) is 31.1 Å². The number of methoxy groups -OCH3 is 1. The van der Waals surface area contributed by atoms with Crippen LogP contribution in [0.15, 0.2) is 0 Å². The summed E-state index contributed by atoms with van der Waals surface area (Å²) in [4.78, 5) is 0. The van der Waals surface area contributed by atoms with E-state index in [2.05, 4.69) is 27.7 Å². The van der Waals surface area contributed by atoms with Gasteiger partial charge in [-0.3, -0.25) is 0 Å². The van der Waals surface area contributed by atoms with Gasteiger partial charge in [-0.1, -0.05) is 27.7 Å². The quantitative estimate of drug-likeness (QED) is 0.697. The van der Waals surface area contributed by atoms with Crippen LogP contribution in [0, 0.1) is 39.9 Å². The Morgan fingerprint density at radius 1 is 0.929 bits per heavy atom. The lowest BCUT2D eigenvalue weighted by atomic mass is 9.39. The van der Waals surface area contributed by atoms with Crippen LogP contribution in [0.1, 0.15) is 91.9 Å². The van der Waals surface area contributed by atoms with Crippen molar-refractivity contribution in [3.8, 4) is 0 Å². The van der Waals surface area contributed by atoms with E-state index in [0.29, 0.717) is 40.7 Å². The Morgan fingerprint density at radius 3 is 2.29 bits per heavy atom. The topological polar surface area (TPSA) is 55.5 Å². The number of ether oxygens (including phenoxy) is 1. The SMILES string of the molecule is CC[C@@H](N)[C@H]1CC[C@H]2[C@]3(C)CC[C@@H]4C[C@@](O)(COC)CC[C@]4(C)[C@H]3CC[C@@]21C. The van der Waals surface area contributed by atoms with Crippen LogP contribution in [0.4, 0.5) is 0 Å². The van der Waals surface area contributed by atoms with E-state index in [1.54, 1.807) is 7.11 Å². The summed E-state index contributed by atoms with van der Waals surface area (Å²) >= 11 is 0. The average Bonchev–Trinajstić information content (AvgIpc) is 3.01. The van der Waals surface area contributed by atoms with Crippen molar-refractivity contribution in [2.24, 2.45) is 45.7 Å². The van der Waals surface area contributed by atoms with Crippen LogP contribution >= 0.6 is 0 Å². The van der Waals surface area contributed by atoms with Crippen molar-refractivity contribution in [2.75, 3.05) is 13.7 Å². The molecule has 0 aliphatic heterocycles. The van der Waals surface area contributed by atoms with Gasteiger partial charge in [0.2, 0.25) is 0 Å².